The van der Waals surface area contributed by atoms with Crippen molar-refractivity contribution >= 4 is 5.91 Å². The molecule has 5 heteroatoms. The Morgan fingerprint density at radius 3 is 2.12 bits per heavy atom. The smallest absolute Gasteiger partial charge is 0.225 e. The van der Waals surface area contributed by atoms with Crippen LogP contribution in [0.2, 0.25) is 0 Å². The van der Waals surface area contributed by atoms with Gasteiger partial charge in [0.1, 0.15) is 5.75 Å². The molecule has 0 bridgehead atoms. The van der Waals surface area contributed by atoms with Gasteiger partial charge in [-0.3, -0.25) is 4.79 Å². The van der Waals surface area contributed by atoms with Gasteiger partial charge in [0.05, 0.1) is 33.3 Å². The first-order valence-corrected chi connectivity index (χ1v) is 8.06. The normalized spacial score (nSPS) is 10.9. The molecule has 0 saturated carbocycles. The maximum Gasteiger partial charge on any atom is 0.225 e. The first-order chi connectivity index (χ1) is 11.9. The first-order valence-electron chi connectivity index (χ1n) is 8.06. The average Bonchev–Trinajstić information content (AvgIpc) is 2.61. The predicted octanol–water partition coefficient (Wildman–Crippen LogP) is 3.31. The summed E-state index contributed by atoms with van der Waals surface area (Å²) < 4.78 is 15.7. The molecule has 0 saturated heterocycles. The molecule has 1 amide bonds. The Bertz CT molecular complexity index is 723. The van der Waals surface area contributed by atoms with E-state index in [2.05, 4.69) is 5.32 Å². The van der Waals surface area contributed by atoms with Crippen LogP contribution in [0.1, 0.15) is 25.0 Å². The summed E-state index contributed by atoms with van der Waals surface area (Å²) >= 11 is 0. The molecule has 0 aliphatic carbocycles. The standard InChI is InChI=1S/C20H25NO4/c1-20(2,15-7-9-16(23-3)10-8-15)21-19(22)13-14-6-11-17(24-4)18(12-14)25-5/h6-12H,13H2,1-5H3,(H,21,22). The summed E-state index contributed by atoms with van der Waals surface area (Å²) in [5.41, 5.74) is 1.38. The lowest BCUT2D eigenvalue weighted by molar-refractivity contribution is -0.122. The van der Waals surface area contributed by atoms with Crippen LogP contribution in [0.3, 0.4) is 0 Å². The van der Waals surface area contributed by atoms with Crippen molar-refractivity contribution < 1.29 is 19.0 Å². The van der Waals surface area contributed by atoms with Crippen LogP contribution < -0.4 is 19.5 Å². The number of hydrogen-bond donors (Lipinski definition) is 1. The predicted molar refractivity (Wildman–Crippen MR) is 97.4 cm³/mol. The fourth-order valence-corrected chi connectivity index (χ4v) is 2.65. The summed E-state index contributed by atoms with van der Waals surface area (Å²) in [4.78, 5) is 12.5. The topological polar surface area (TPSA) is 56.8 Å². The summed E-state index contributed by atoms with van der Waals surface area (Å²) in [6.07, 6.45) is 0.264. The second kappa shape index (κ2) is 7.92. The monoisotopic (exact) mass is 343 g/mol. The van der Waals surface area contributed by atoms with Crippen LogP contribution in [-0.2, 0) is 16.8 Å². The number of amides is 1. The second-order valence-corrected chi connectivity index (χ2v) is 6.27. The van der Waals surface area contributed by atoms with Crippen molar-refractivity contribution in [2.45, 2.75) is 25.8 Å². The van der Waals surface area contributed by atoms with Crippen molar-refractivity contribution in [1.29, 1.82) is 0 Å². The molecule has 0 aromatic heterocycles. The van der Waals surface area contributed by atoms with Crippen LogP contribution in [-0.4, -0.2) is 27.2 Å². The Morgan fingerprint density at radius 2 is 1.56 bits per heavy atom. The van der Waals surface area contributed by atoms with E-state index in [1.54, 1.807) is 27.4 Å². The largest absolute Gasteiger partial charge is 0.497 e. The van der Waals surface area contributed by atoms with Gasteiger partial charge in [-0.2, -0.15) is 0 Å². The van der Waals surface area contributed by atoms with Crippen LogP contribution in [0.4, 0.5) is 0 Å². The number of hydrogen-bond acceptors (Lipinski definition) is 4. The molecule has 0 atom stereocenters. The van der Waals surface area contributed by atoms with Gasteiger partial charge in [-0.25, -0.2) is 0 Å². The van der Waals surface area contributed by atoms with Gasteiger partial charge in [0.15, 0.2) is 11.5 Å². The van der Waals surface area contributed by atoms with E-state index in [4.69, 9.17) is 14.2 Å². The van der Waals surface area contributed by atoms with E-state index in [0.717, 1.165) is 16.9 Å². The Hall–Kier alpha value is -2.69. The Kier molecular flexibility index (Phi) is 5.91. The molecule has 5 nitrogen and oxygen atoms in total. The van der Waals surface area contributed by atoms with Crippen molar-refractivity contribution in [2.24, 2.45) is 0 Å². The fourth-order valence-electron chi connectivity index (χ4n) is 2.65. The first kappa shape index (κ1) is 18.6. The molecular formula is C20H25NO4. The molecule has 134 valence electrons. The van der Waals surface area contributed by atoms with Crippen LogP contribution in [0.15, 0.2) is 42.5 Å². The van der Waals surface area contributed by atoms with E-state index in [-0.39, 0.29) is 12.3 Å². The summed E-state index contributed by atoms with van der Waals surface area (Å²) in [7, 11) is 4.79. The van der Waals surface area contributed by atoms with E-state index in [1.165, 1.54) is 0 Å². The fraction of sp³-hybridized carbons (Fsp3) is 0.350. The molecule has 0 spiro atoms. The maximum atomic E-state index is 12.5. The van der Waals surface area contributed by atoms with Gasteiger partial charge in [0.25, 0.3) is 0 Å². The SMILES string of the molecule is COc1ccc(C(C)(C)NC(=O)Cc2ccc(OC)c(OC)c2)cc1. The highest BCUT2D eigenvalue weighted by Gasteiger charge is 2.23. The number of carbonyl (C=O) groups excluding carboxylic acids is 1. The zero-order chi connectivity index (χ0) is 18.4. The number of methoxy groups -OCH3 is 3. The van der Waals surface area contributed by atoms with E-state index >= 15 is 0 Å². The molecule has 2 aromatic rings. The lowest BCUT2D eigenvalue weighted by Crippen LogP contribution is -2.41. The van der Waals surface area contributed by atoms with Gasteiger partial charge >= 0.3 is 0 Å². The van der Waals surface area contributed by atoms with Crippen molar-refractivity contribution in [3.63, 3.8) is 0 Å². The molecule has 1 N–H and O–H groups in total. The van der Waals surface area contributed by atoms with Gasteiger partial charge < -0.3 is 19.5 Å². The van der Waals surface area contributed by atoms with E-state index in [0.29, 0.717) is 11.5 Å². The number of ether oxygens (including phenoxy) is 3. The Balaban J connectivity index is 2.07. The van der Waals surface area contributed by atoms with Gasteiger partial charge in [-0.1, -0.05) is 18.2 Å². The third-order valence-electron chi connectivity index (χ3n) is 4.08. The van der Waals surface area contributed by atoms with Crippen LogP contribution in [0.5, 0.6) is 17.2 Å². The molecule has 0 radical (unpaired) electrons. The van der Waals surface area contributed by atoms with Gasteiger partial charge in [0, 0.05) is 0 Å². The van der Waals surface area contributed by atoms with E-state index in [9.17, 15) is 4.79 Å². The summed E-state index contributed by atoms with van der Waals surface area (Å²) in [5, 5.41) is 3.07. The maximum absolute atomic E-state index is 12.5. The van der Waals surface area contributed by atoms with Crippen LogP contribution in [0.25, 0.3) is 0 Å². The number of carbonyl (C=O) groups is 1. The van der Waals surface area contributed by atoms with Crippen molar-refractivity contribution in [3.8, 4) is 17.2 Å². The summed E-state index contributed by atoms with van der Waals surface area (Å²) in [6.45, 7) is 3.95. The molecule has 0 fully saturated rings. The zero-order valence-corrected chi connectivity index (χ0v) is 15.4. The third kappa shape index (κ3) is 4.66. The van der Waals surface area contributed by atoms with Gasteiger partial charge in [0.2, 0.25) is 5.91 Å². The number of benzene rings is 2. The van der Waals surface area contributed by atoms with Crippen LogP contribution in [0, 0.1) is 0 Å². The molecule has 0 unspecified atom stereocenters. The van der Waals surface area contributed by atoms with Crippen LogP contribution >= 0.6 is 0 Å². The van der Waals surface area contributed by atoms with E-state index in [1.807, 2.05) is 50.2 Å². The molecule has 0 aliphatic heterocycles. The molecular weight excluding hydrogens is 318 g/mol. The quantitative estimate of drug-likeness (QED) is 0.838. The highest BCUT2D eigenvalue weighted by molar-refractivity contribution is 5.79. The minimum atomic E-state index is -0.486. The highest BCUT2D eigenvalue weighted by Crippen LogP contribution is 2.28. The number of nitrogens with one attached hydrogen (secondary N) is 1. The van der Waals surface area contributed by atoms with Gasteiger partial charge in [-0.05, 0) is 49.2 Å². The lowest BCUT2D eigenvalue weighted by Gasteiger charge is -2.27. The molecule has 0 aliphatic rings. The minimum Gasteiger partial charge on any atom is -0.497 e. The Morgan fingerprint density at radius 1 is 0.920 bits per heavy atom. The average molecular weight is 343 g/mol. The summed E-state index contributed by atoms with van der Waals surface area (Å²) in [6, 6.07) is 13.2. The van der Waals surface area contributed by atoms with Crippen molar-refractivity contribution in [1.82, 2.24) is 5.32 Å². The van der Waals surface area contributed by atoms with Gasteiger partial charge in [-0.15, -0.1) is 0 Å². The Labute approximate surface area is 148 Å². The third-order valence-corrected chi connectivity index (χ3v) is 4.08. The number of rotatable bonds is 7. The molecule has 25 heavy (non-hydrogen) atoms. The molecule has 2 rings (SSSR count). The van der Waals surface area contributed by atoms with Crippen molar-refractivity contribution in [3.05, 3.63) is 53.6 Å². The minimum absolute atomic E-state index is 0.0620. The second-order valence-electron chi connectivity index (χ2n) is 6.27. The van der Waals surface area contributed by atoms with E-state index < -0.39 is 5.54 Å². The van der Waals surface area contributed by atoms with Crippen molar-refractivity contribution in [2.75, 3.05) is 21.3 Å². The highest BCUT2D eigenvalue weighted by atomic mass is 16.5. The molecule has 0 heterocycles. The summed E-state index contributed by atoms with van der Waals surface area (Å²) in [5.74, 6) is 1.98. The lowest BCUT2D eigenvalue weighted by atomic mass is 9.93. The zero-order valence-electron chi connectivity index (χ0n) is 15.4. The molecule has 2 aromatic carbocycles.